The van der Waals surface area contributed by atoms with E-state index in [0.717, 1.165) is 16.3 Å². The van der Waals surface area contributed by atoms with Gasteiger partial charge in [-0.25, -0.2) is 4.98 Å². The van der Waals surface area contributed by atoms with Crippen LogP contribution in [0.2, 0.25) is 0 Å². The summed E-state index contributed by atoms with van der Waals surface area (Å²) in [5.74, 6) is -1.36. The van der Waals surface area contributed by atoms with Gasteiger partial charge in [0.05, 0.1) is 25.8 Å². The fourth-order valence-corrected chi connectivity index (χ4v) is 2.74. The van der Waals surface area contributed by atoms with Crippen molar-refractivity contribution in [3.05, 3.63) is 35.3 Å². The lowest BCUT2D eigenvalue weighted by Gasteiger charge is -2.04. The molecule has 9 heteroatoms. The van der Waals surface area contributed by atoms with Gasteiger partial charge in [-0.3, -0.25) is 14.4 Å². The predicted octanol–water partition coefficient (Wildman–Crippen LogP) is 0.678. The lowest BCUT2D eigenvalue weighted by Crippen LogP contribution is -2.39. The molecule has 1 heterocycles. The van der Waals surface area contributed by atoms with Crippen LogP contribution in [0.3, 0.4) is 0 Å². The van der Waals surface area contributed by atoms with E-state index in [1.165, 1.54) is 11.3 Å². The maximum absolute atomic E-state index is 11.8. The number of rotatable bonds is 8. The summed E-state index contributed by atoms with van der Waals surface area (Å²) in [6.07, 6.45) is 0.0344. The van der Waals surface area contributed by atoms with E-state index in [-0.39, 0.29) is 18.9 Å². The van der Waals surface area contributed by atoms with Gasteiger partial charge in [0.2, 0.25) is 11.8 Å². The number of benzene rings is 1. The molecule has 2 aromatic rings. The minimum absolute atomic E-state index is 0.0344. The van der Waals surface area contributed by atoms with Crippen LogP contribution in [0.4, 0.5) is 0 Å². The Kier molecular flexibility index (Phi) is 6.47. The first kappa shape index (κ1) is 18.4. The van der Waals surface area contributed by atoms with Crippen molar-refractivity contribution >= 4 is 29.1 Å². The van der Waals surface area contributed by atoms with Crippen LogP contribution in [0.25, 0.3) is 10.6 Å². The Labute approximate surface area is 147 Å². The highest BCUT2D eigenvalue weighted by molar-refractivity contribution is 7.13. The van der Waals surface area contributed by atoms with Crippen LogP contribution < -0.4 is 15.4 Å². The van der Waals surface area contributed by atoms with Gasteiger partial charge in [-0.2, -0.15) is 0 Å². The van der Waals surface area contributed by atoms with E-state index in [2.05, 4.69) is 15.6 Å². The molecule has 0 spiro atoms. The second-order valence-electron chi connectivity index (χ2n) is 5.00. The summed E-state index contributed by atoms with van der Waals surface area (Å²) in [5, 5.41) is 15.6. The number of amides is 2. The standard InChI is InChI=1S/C16H17N3O5S/c1-24-12-4-2-3-10(5-12)16-19-11(9-25-16)6-13(20)17-7-14(21)18-8-15(22)23/h2-5,9H,6-8H2,1H3,(H,17,20)(H,18,21)(H,22,23). The number of carboxylic acid groups (broad SMARTS) is 1. The fourth-order valence-electron chi connectivity index (χ4n) is 1.92. The summed E-state index contributed by atoms with van der Waals surface area (Å²) in [6.45, 7) is -0.760. The maximum Gasteiger partial charge on any atom is 0.322 e. The molecule has 0 fully saturated rings. The third-order valence-corrected chi connectivity index (χ3v) is 4.03. The summed E-state index contributed by atoms with van der Waals surface area (Å²) >= 11 is 1.41. The van der Waals surface area contributed by atoms with Crippen LogP contribution in [-0.2, 0) is 20.8 Å². The van der Waals surface area contributed by atoms with Gasteiger partial charge in [0.15, 0.2) is 0 Å². The van der Waals surface area contributed by atoms with Gasteiger partial charge in [0, 0.05) is 10.9 Å². The summed E-state index contributed by atoms with van der Waals surface area (Å²) < 4.78 is 5.17. The molecule has 3 N–H and O–H groups in total. The monoisotopic (exact) mass is 363 g/mol. The normalized spacial score (nSPS) is 10.1. The van der Waals surface area contributed by atoms with Gasteiger partial charge >= 0.3 is 5.97 Å². The lowest BCUT2D eigenvalue weighted by atomic mass is 10.2. The third-order valence-electron chi connectivity index (χ3n) is 3.09. The van der Waals surface area contributed by atoms with Crippen LogP contribution in [0.15, 0.2) is 29.6 Å². The van der Waals surface area contributed by atoms with Gasteiger partial charge in [0.25, 0.3) is 0 Å². The Hall–Kier alpha value is -2.94. The molecule has 25 heavy (non-hydrogen) atoms. The zero-order chi connectivity index (χ0) is 18.2. The molecule has 0 saturated heterocycles. The summed E-state index contributed by atoms with van der Waals surface area (Å²) in [4.78, 5) is 37.9. The topological polar surface area (TPSA) is 118 Å². The Morgan fingerprint density at radius 2 is 1.96 bits per heavy atom. The molecule has 0 atom stereocenters. The van der Waals surface area contributed by atoms with E-state index in [4.69, 9.17) is 9.84 Å². The minimum atomic E-state index is -1.15. The Bertz CT molecular complexity index is 775. The molecular formula is C16H17N3O5S. The largest absolute Gasteiger partial charge is 0.497 e. The van der Waals surface area contributed by atoms with Gasteiger partial charge in [-0.15, -0.1) is 11.3 Å². The van der Waals surface area contributed by atoms with Crippen molar-refractivity contribution in [2.45, 2.75) is 6.42 Å². The summed E-state index contributed by atoms with van der Waals surface area (Å²) in [7, 11) is 1.59. The lowest BCUT2D eigenvalue weighted by molar-refractivity contribution is -0.137. The molecule has 132 valence electrons. The first-order chi connectivity index (χ1) is 12.0. The number of carbonyl (C=O) groups is 3. The zero-order valence-corrected chi connectivity index (χ0v) is 14.3. The number of carbonyl (C=O) groups excluding carboxylic acids is 2. The average molecular weight is 363 g/mol. The Morgan fingerprint density at radius 3 is 2.68 bits per heavy atom. The molecule has 1 aromatic heterocycles. The van der Waals surface area contributed by atoms with E-state index in [1.807, 2.05) is 24.3 Å². The van der Waals surface area contributed by atoms with Crippen molar-refractivity contribution in [2.24, 2.45) is 0 Å². The number of methoxy groups -OCH3 is 1. The molecule has 0 radical (unpaired) electrons. The molecule has 0 bridgehead atoms. The van der Waals surface area contributed by atoms with Gasteiger partial charge in [0.1, 0.15) is 17.3 Å². The van der Waals surface area contributed by atoms with Crippen LogP contribution in [-0.4, -0.2) is 48.1 Å². The smallest absolute Gasteiger partial charge is 0.322 e. The van der Waals surface area contributed by atoms with Crippen LogP contribution in [0.1, 0.15) is 5.69 Å². The molecule has 0 saturated carbocycles. The zero-order valence-electron chi connectivity index (χ0n) is 13.4. The van der Waals surface area contributed by atoms with Crippen LogP contribution in [0, 0.1) is 0 Å². The van der Waals surface area contributed by atoms with Crippen LogP contribution >= 0.6 is 11.3 Å². The SMILES string of the molecule is COc1cccc(-c2nc(CC(=O)NCC(=O)NCC(=O)O)cs2)c1. The molecule has 8 nitrogen and oxygen atoms in total. The second-order valence-corrected chi connectivity index (χ2v) is 5.86. The minimum Gasteiger partial charge on any atom is -0.497 e. The van der Waals surface area contributed by atoms with Crippen molar-refractivity contribution in [2.75, 3.05) is 20.2 Å². The molecule has 0 aliphatic carbocycles. The molecule has 1 aromatic carbocycles. The number of thiazole rings is 1. The van der Waals surface area contributed by atoms with E-state index < -0.39 is 18.4 Å². The van der Waals surface area contributed by atoms with Crippen molar-refractivity contribution in [3.63, 3.8) is 0 Å². The average Bonchev–Trinajstić information content (AvgIpc) is 3.06. The molecular weight excluding hydrogens is 346 g/mol. The highest BCUT2D eigenvalue weighted by atomic mass is 32.1. The number of nitrogens with one attached hydrogen (secondary N) is 2. The second kappa shape index (κ2) is 8.78. The number of hydrogen-bond donors (Lipinski definition) is 3. The number of aliphatic carboxylic acids is 1. The number of hydrogen-bond acceptors (Lipinski definition) is 6. The molecule has 2 amide bonds. The number of aromatic nitrogens is 1. The number of ether oxygens (including phenoxy) is 1. The van der Waals surface area contributed by atoms with Crippen LogP contribution in [0.5, 0.6) is 5.75 Å². The van der Waals surface area contributed by atoms with E-state index >= 15 is 0 Å². The number of nitrogens with zero attached hydrogens (tertiary/aromatic N) is 1. The quantitative estimate of drug-likeness (QED) is 0.635. The first-order valence-corrected chi connectivity index (χ1v) is 8.20. The Balaban J connectivity index is 1.87. The number of carboxylic acids is 1. The molecule has 2 rings (SSSR count). The van der Waals surface area contributed by atoms with Gasteiger partial charge < -0.3 is 20.5 Å². The van der Waals surface area contributed by atoms with E-state index in [1.54, 1.807) is 12.5 Å². The molecule has 0 aliphatic rings. The van der Waals surface area contributed by atoms with E-state index in [0.29, 0.717) is 5.69 Å². The first-order valence-electron chi connectivity index (χ1n) is 7.32. The van der Waals surface area contributed by atoms with Crippen molar-refractivity contribution < 1.29 is 24.2 Å². The van der Waals surface area contributed by atoms with Gasteiger partial charge in [-0.1, -0.05) is 12.1 Å². The maximum atomic E-state index is 11.8. The van der Waals surface area contributed by atoms with Crippen molar-refractivity contribution in [3.8, 4) is 16.3 Å². The highest BCUT2D eigenvalue weighted by Crippen LogP contribution is 2.26. The predicted molar refractivity (Wildman–Crippen MR) is 91.5 cm³/mol. The Morgan fingerprint density at radius 1 is 1.20 bits per heavy atom. The summed E-state index contributed by atoms with van der Waals surface area (Å²) in [6, 6.07) is 7.45. The third kappa shape index (κ3) is 5.88. The fraction of sp³-hybridized carbons (Fsp3) is 0.250. The highest BCUT2D eigenvalue weighted by Gasteiger charge is 2.11. The van der Waals surface area contributed by atoms with Crippen molar-refractivity contribution in [1.29, 1.82) is 0 Å². The molecule has 0 aliphatic heterocycles. The summed E-state index contributed by atoms with van der Waals surface area (Å²) in [5.41, 5.74) is 1.48. The van der Waals surface area contributed by atoms with Crippen molar-refractivity contribution in [1.82, 2.24) is 15.6 Å². The van der Waals surface area contributed by atoms with Gasteiger partial charge in [-0.05, 0) is 12.1 Å². The molecule has 0 unspecified atom stereocenters. The van der Waals surface area contributed by atoms with E-state index in [9.17, 15) is 14.4 Å².